The van der Waals surface area contributed by atoms with Crippen LogP contribution in [0, 0.1) is 13.8 Å². The SMILES string of the molecule is Cc1c(C(=O)c2ccc(N)c(C(=O)O)c2)c2ccccn2c1NC(=O)c1cccc(OCC(=O)NCCCCNC(=O)COc2cccc(C(=O)Nc3c(C)c(C(=O)c4ccc(N)c(C(=O)O)c4)c4ccccn34)c2)c1. The first-order chi connectivity index (χ1) is 36.5. The molecule has 0 aliphatic rings. The van der Waals surface area contributed by atoms with E-state index in [2.05, 4.69) is 21.3 Å². The predicted molar refractivity (Wildman–Crippen MR) is 282 cm³/mol. The Morgan fingerprint density at radius 1 is 0.500 bits per heavy atom. The molecule has 0 aliphatic carbocycles. The smallest absolute Gasteiger partial charge is 0.337 e. The number of carbonyl (C=O) groups excluding carboxylic acids is 6. The molecule has 8 rings (SSSR count). The van der Waals surface area contributed by atoms with Gasteiger partial charge < -0.3 is 61.2 Å². The van der Waals surface area contributed by atoms with Crippen LogP contribution in [0.15, 0.2) is 134 Å². The Hall–Kier alpha value is -10.2. The van der Waals surface area contributed by atoms with Crippen molar-refractivity contribution in [1.82, 2.24) is 19.4 Å². The zero-order valence-electron chi connectivity index (χ0n) is 41.0. The number of fused-ring (bicyclic) bond motifs is 2. The molecule has 8 aromatic rings. The number of ketones is 2. The van der Waals surface area contributed by atoms with Crippen LogP contribution in [-0.4, -0.2) is 92.5 Å². The van der Waals surface area contributed by atoms with Gasteiger partial charge in [-0.05, 0) is 124 Å². The number of nitrogen functional groups attached to an aromatic ring is 2. The number of unbranched alkanes of at least 4 members (excludes halogenated alkanes) is 1. The molecule has 4 aromatic carbocycles. The summed E-state index contributed by atoms with van der Waals surface area (Å²) in [5, 5.41) is 30.4. The molecule has 0 bridgehead atoms. The van der Waals surface area contributed by atoms with E-state index in [1.807, 2.05) is 0 Å². The minimum Gasteiger partial charge on any atom is -0.484 e. The highest BCUT2D eigenvalue weighted by molar-refractivity contribution is 6.18. The molecule has 0 fully saturated rings. The monoisotopic (exact) mass is 1030 g/mol. The lowest BCUT2D eigenvalue weighted by molar-refractivity contribution is -0.124. The van der Waals surface area contributed by atoms with Crippen molar-refractivity contribution in [2.24, 2.45) is 0 Å². The van der Waals surface area contributed by atoms with Gasteiger partial charge in [0.05, 0.1) is 33.3 Å². The molecule has 0 saturated heterocycles. The van der Waals surface area contributed by atoms with E-state index in [9.17, 15) is 48.6 Å². The summed E-state index contributed by atoms with van der Waals surface area (Å²) in [6.45, 7) is 3.28. The zero-order chi connectivity index (χ0) is 54.2. The van der Waals surface area contributed by atoms with Crippen molar-refractivity contribution in [2.75, 3.05) is 48.4 Å². The van der Waals surface area contributed by atoms with E-state index in [0.717, 1.165) is 0 Å². The molecule has 0 unspecified atom stereocenters. The summed E-state index contributed by atoms with van der Waals surface area (Å²) in [5.41, 5.74) is 14.3. The highest BCUT2D eigenvalue weighted by atomic mass is 16.5. The third-order valence-corrected chi connectivity index (χ3v) is 12.4. The molecule has 0 spiro atoms. The van der Waals surface area contributed by atoms with Crippen LogP contribution in [0.2, 0.25) is 0 Å². The largest absolute Gasteiger partial charge is 0.484 e. The van der Waals surface area contributed by atoms with Gasteiger partial charge in [-0.3, -0.25) is 28.8 Å². The van der Waals surface area contributed by atoms with Crippen LogP contribution in [-0.2, 0) is 9.59 Å². The number of carboxylic acids is 2. The van der Waals surface area contributed by atoms with E-state index in [1.165, 1.54) is 48.5 Å². The van der Waals surface area contributed by atoms with Gasteiger partial charge in [0.25, 0.3) is 23.6 Å². The van der Waals surface area contributed by atoms with Crippen molar-refractivity contribution in [3.63, 3.8) is 0 Å². The number of ether oxygens (including phenoxy) is 2. The standard InChI is InChI=1S/C56H50N8O12/c1-31-47(49(67)33-17-19-41(57)39(27-33)55(71)72)43-15-3-7-23-63(43)51(31)61-53(69)35-11-9-13-37(25-35)75-29-45(65)59-21-5-6-22-60-46(66)30-76-38-14-10-12-36(26-38)54(70)62-52-32(2)48(44-16-4-8-24-64(44)52)50(68)34-18-20-42(58)40(28-34)56(73)74/h3-4,7-20,23-28H,5-6,21-22,29-30,57-58H2,1-2H3,(H,59,65)(H,60,66)(H,61,69)(H,62,70)(H,71,72)(H,73,74). The number of nitrogens with two attached hydrogens (primary N) is 2. The third-order valence-electron chi connectivity index (χ3n) is 12.4. The molecule has 20 heteroatoms. The van der Waals surface area contributed by atoms with Crippen molar-refractivity contribution in [3.05, 3.63) is 189 Å². The topological polar surface area (TPSA) is 304 Å². The van der Waals surface area contributed by atoms with Gasteiger partial charge >= 0.3 is 11.9 Å². The maximum absolute atomic E-state index is 13.8. The zero-order valence-corrected chi connectivity index (χ0v) is 41.0. The number of hydrogen-bond acceptors (Lipinski definition) is 12. The first-order valence-electron chi connectivity index (χ1n) is 23.7. The van der Waals surface area contributed by atoms with E-state index < -0.39 is 47.1 Å². The molecule has 4 aromatic heterocycles. The third kappa shape index (κ3) is 11.3. The Labute approximate surface area is 433 Å². The van der Waals surface area contributed by atoms with Crippen LogP contribution < -0.4 is 42.2 Å². The average molecular weight is 1030 g/mol. The second kappa shape index (κ2) is 22.7. The predicted octanol–water partition coefficient (Wildman–Crippen LogP) is 6.81. The van der Waals surface area contributed by atoms with Crippen LogP contribution in [0.25, 0.3) is 11.0 Å². The van der Waals surface area contributed by atoms with Crippen molar-refractivity contribution >= 4 is 81.2 Å². The summed E-state index contributed by atoms with van der Waals surface area (Å²) in [7, 11) is 0. The first kappa shape index (κ1) is 52.1. The molecular formula is C56H50N8O12. The fourth-order valence-corrected chi connectivity index (χ4v) is 8.52. The molecule has 4 amide bonds. The van der Waals surface area contributed by atoms with E-state index in [-0.39, 0.29) is 80.6 Å². The number of aromatic nitrogens is 2. The van der Waals surface area contributed by atoms with Crippen molar-refractivity contribution < 1.29 is 58.0 Å². The summed E-state index contributed by atoms with van der Waals surface area (Å²) in [6.07, 6.45) is 4.43. The number of hydrogen-bond donors (Lipinski definition) is 8. The highest BCUT2D eigenvalue weighted by Gasteiger charge is 2.27. The molecule has 0 radical (unpaired) electrons. The van der Waals surface area contributed by atoms with Crippen LogP contribution in [0.5, 0.6) is 11.5 Å². The highest BCUT2D eigenvalue weighted by Crippen LogP contribution is 2.33. The fraction of sp³-hybridized carbons (Fsp3) is 0.143. The molecule has 386 valence electrons. The minimum atomic E-state index is -1.27. The maximum Gasteiger partial charge on any atom is 0.337 e. The molecule has 76 heavy (non-hydrogen) atoms. The Bertz CT molecular complexity index is 3420. The molecule has 4 heterocycles. The van der Waals surface area contributed by atoms with Crippen LogP contribution in [0.3, 0.4) is 0 Å². The van der Waals surface area contributed by atoms with Gasteiger partial charge in [-0.2, -0.15) is 0 Å². The molecule has 0 aliphatic heterocycles. The van der Waals surface area contributed by atoms with E-state index in [4.69, 9.17) is 20.9 Å². The Kier molecular flexibility index (Phi) is 15.5. The summed E-state index contributed by atoms with van der Waals surface area (Å²) in [6, 6.07) is 30.9. The second-order valence-electron chi connectivity index (χ2n) is 17.4. The number of carbonyl (C=O) groups is 8. The van der Waals surface area contributed by atoms with Crippen molar-refractivity contribution in [1.29, 1.82) is 0 Å². The minimum absolute atomic E-state index is 0.0186. The van der Waals surface area contributed by atoms with Crippen LogP contribution in [0.1, 0.15) is 97.2 Å². The lowest BCUT2D eigenvalue weighted by Gasteiger charge is -2.11. The summed E-state index contributed by atoms with van der Waals surface area (Å²) < 4.78 is 14.7. The van der Waals surface area contributed by atoms with Crippen molar-refractivity contribution in [3.8, 4) is 11.5 Å². The van der Waals surface area contributed by atoms with Gasteiger partial charge in [-0.1, -0.05) is 24.3 Å². The maximum atomic E-state index is 13.8. The molecule has 10 N–H and O–H groups in total. The van der Waals surface area contributed by atoms with Gasteiger partial charge in [-0.15, -0.1) is 0 Å². The number of amides is 4. The Morgan fingerprint density at radius 3 is 1.30 bits per heavy atom. The lowest BCUT2D eigenvalue weighted by Crippen LogP contribution is -2.32. The Balaban J connectivity index is 0.769. The number of carboxylic acid groups (broad SMARTS) is 2. The number of nitrogens with zero attached hydrogens (tertiary/aromatic N) is 2. The number of pyridine rings is 2. The summed E-state index contributed by atoms with van der Waals surface area (Å²) in [4.78, 5) is 103. The van der Waals surface area contributed by atoms with Gasteiger partial charge in [-0.25, -0.2) is 9.59 Å². The number of nitrogens with one attached hydrogen (secondary N) is 4. The average Bonchev–Trinajstić information content (AvgIpc) is 3.89. The van der Waals surface area contributed by atoms with Crippen LogP contribution in [0.4, 0.5) is 23.0 Å². The van der Waals surface area contributed by atoms with E-state index in [1.54, 1.807) is 108 Å². The quantitative estimate of drug-likeness (QED) is 0.0208. The van der Waals surface area contributed by atoms with E-state index in [0.29, 0.717) is 59.7 Å². The van der Waals surface area contributed by atoms with Gasteiger partial charge in [0.1, 0.15) is 23.1 Å². The Morgan fingerprint density at radius 2 is 0.908 bits per heavy atom. The number of aromatic carboxylic acids is 2. The summed E-state index contributed by atoms with van der Waals surface area (Å²) in [5.74, 6) is -4.12. The first-order valence-corrected chi connectivity index (χ1v) is 23.7. The number of rotatable bonds is 21. The molecule has 0 saturated carbocycles. The van der Waals surface area contributed by atoms with Gasteiger partial charge in [0, 0.05) is 70.2 Å². The normalized spacial score (nSPS) is 10.9. The van der Waals surface area contributed by atoms with E-state index >= 15 is 0 Å². The number of benzene rings is 4. The van der Waals surface area contributed by atoms with Gasteiger partial charge in [0.15, 0.2) is 24.8 Å². The molecule has 20 nitrogen and oxygen atoms in total. The molecule has 0 atom stereocenters. The fourth-order valence-electron chi connectivity index (χ4n) is 8.52. The molecular weight excluding hydrogens is 977 g/mol. The number of anilines is 4. The van der Waals surface area contributed by atoms with Crippen molar-refractivity contribution in [2.45, 2.75) is 26.7 Å². The second-order valence-corrected chi connectivity index (χ2v) is 17.4. The summed E-state index contributed by atoms with van der Waals surface area (Å²) >= 11 is 0. The lowest BCUT2D eigenvalue weighted by atomic mass is 9.98. The van der Waals surface area contributed by atoms with Gasteiger partial charge in [0.2, 0.25) is 0 Å². The van der Waals surface area contributed by atoms with Crippen LogP contribution >= 0.6 is 0 Å².